The van der Waals surface area contributed by atoms with Crippen molar-refractivity contribution in [2.24, 2.45) is 0 Å². The quantitative estimate of drug-likeness (QED) is 0.577. The second kappa shape index (κ2) is 6.92. The highest BCUT2D eigenvalue weighted by atomic mass is 32.2. The van der Waals surface area contributed by atoms with Gasteiger partial charge in [0.15, 0.2) is 0 Å². The summed E-state index contributed by atoms with van der Waals surface area (Å²) in [5, 5.41) is 13.3. The number of aromatic carboxylic acids is 1. The zero-order chi connectivity index (χ0) is 19.3. The van der Waals surface area contributed by atoms with Crippen LogP contribution in [0.15, 0.2) is 11.0 Å². The summed E-state index contributed by atoms with van der Waals surface area (Å²) in [6, 6.07) is 1.99. The fourth-order valence-electron chi connectivity index (χ4n) is 3.74. The molecule has 2 aromatic heterocycles. The third kappa shape index (κ3) is 3.15. The molecule has 0 radical (unpaired) electrons. The Hall–Kier alpha value is -1.90. The van der Waals surface area contributed by atoms with Gasteiger partial charge in [-0.25, -0.2) is 4.79 Å². The smallest absolute Gasteiger partial charge is 0.339 e. The fourth-order valence-corrected chi connectivity index (χ4v) is 6.27. The summed E-state index contributed by atoms with van der Waals surface area (Å²) in [5.41, 5.74) is 4.21. The number of thiophene rings is 1. The number of hydrogen-bond donors (Lipinski definition) is 2. The average Bonchev–Trinajstić information content (AvgIpc) is 3.21. The Kier molecular flexibility index (Phi) is 4.73. The maximum Gasteiger partial charge on any atom is 0.339 e. The molecule has 1 amide bonds. The van der Waals surface area contributed by atoms with Crippen LogP contribution in [0.3, 0.4) is 0 Å². The molecule has 1 aliphatic carbocycles. The van der Waals surface area contributed by atoms with Crippen molar-refractivity contribution in [2.45, 2.75) is 39.5 Å². The molecule has 3 heterocycles. The van der Waals surface area contributed by atoms with Crippen LogP contribution in [0.5, 0.6) is 0 Å². The number of fused-ring (bicyclic) bond motifs is 1. The van der Waals surface area contributed by atoms with E-state index in [0.29, 0.717) is 14.8 Å². The second-order valence-corrected chi connectivity index (χ2v) is 9.51. The first-order chi connectivity index (χ1) is 12.9. The van der Waals surface area contributed by atoms with Gasteiger partial charge in [0.1, 0.15) is 9.32 Å². The minimum atomic E-state index is -0.868. The second-order valence-electron chi connectivity index (χ2n) is 6.71. The summed E-state index contributed by atoms with van der Waals surface area (Å²) in [7, 11) is 0. The number of carboxylic acids is 1. The number of nitrogens with one attached hydrogen (secondary N) is 1. The third-order valence-electron chi connectivity index (χ3n) is 4.97. The standard InChI is InChI=1S/C19H18N2O3S3/c1-9-7-11(8-14-16(22)20-19(25)27-14)10(2)21(9)17-15(18(23)24)12-5-3-4-6-13(12)26-17/h7-8H,3-6H2,1-2H3,(H,23,24)(H,20,22,25). The number of carbonyl (C=O) groups is 2. The highest BCUT2D eigenvalue weighted by Crippen LogP contribution is 2.39. The van der Waals surface area contributed by atoms with E-state index in [1.54, 1.807) is 11.3 Å². The van der Waals surface area contributed by atoms with Crippen LogP contribution in [0.25, 0.3) is 11.1 Å². The first-order valence-electron chi connectivity index (χ1n) is 8.69. The molecule has 0 aromatic carbocycles. The van der Waals surface area contributed by atoms with Crippen LogP contribution in [-0.2, 0) is 17.6 Å². The third-order valence-corrected chi connectivity index (χ3v) is 7.41. The van der Waals surface area contributed by atoms with Gasteiger partial charge in [0.05, 0.1) is 10.5 Å². The maximum atomic E-state index is 12.0. The van der Waals surface area contributed by atoms with Crippen LogP contribution in [0.4, 0.5) is 0 Å². The van der Waals surface area contributed by atoms with Crippen molar-refractivity contribution in [1.29, 1.82) is 0 Å². The molecule has 0 spiro atoms. The molecule has 140 valence electrons. The average molecular weight is 419 g/mol. The van der Waals surface area contributed by atoms with E-state index in [2.05, 4.69) is 5.32 Å². The van der Waals surface area contributed by atoms with Gasteiger partial charge in [0.25, 0.3) is 5.91 Å². The Bertz CT molecular complexity index is 1030. The number of carbonyl (C=O) groups excluding carboxylic acids is 1. The summed E-state index contributed by atoms with van der Waals surface area (Å²) in [6.07, 6.45) is 5.75. The fraction of sp³-hybridized carbons (Fsp3) is 0.316. The number of amides is 1. The van der Waals surface area contributed by atoms with Crippen molar-refractivity contribution in [2.75, 3.05) is 0 Å². The van der Waals surface area contributed by atoms with E-state index in [1.165, 1.54) is 16.6 Å². The van der Waals surface area contributed by atoms with Crippen LogP contribution in [0, 0.1) is 13.8 Å². The maximum absolute atomic E-state index is 12.0. The Balaban J connectivity index is 1.85. The van der Waals surface area contributed by atoms with Crippen molar-refractivity contribution in [3.8, 4) is 5.00 Å². The lowest BCUT2D eigenvalue weighted by Gasteiger charge is -2.11. The number of rotatable bonds is 3. The van der Waals surface area contributed by atoms with Crippen molar-refractivity contribution in [3.05, 3.63) is 43.9 Å². The van der Waals surface area contributed by atoms with E-state index in [0.717, 1.165) is 53.2 Å². The van der Waals surface area contributed by atoms with Crippen molar-refractivity contribution in [1.82, 2.24) is 9.88 Å². The zero-order valence-electron chi connectivity index (χ0n) is 14.9. The van der Waals surface area contributed by atoms with Gasteiger partial charge in [-0.15, -0.1) is 11.3 Å². The summed E-state index contributed by atoms with van der Waals surface area (Å²) in [6.45, 7) is 3.92. The van der Waals surface area contributed by atoms with Crippen LogP contribution in [0.1, 0.15) is 50.6 Å². The van der Waals surface area contributed by atoms with E-state index in [4.69, 9.17) is 12.2 Å². The number of nitrogens with zero attached hydrogens (tertiary/aromatic N) is 1. The van der Waals surface area contributed by atoms with Crippen molar-refractivity contribution >= 4 is 57.6 Å². The first-order valence-corrected chi connectivity index (χ1v) is 10.7. The lowest BCUT2D eigenvalue weighted by Crippen LogP contribution is -2.17. The molecule has 0 bridgehead atoms. The topological polar surface area (TPSA) is 71.3 Å². The van der Waals surface area contributed by atoms with E-state index in [1.807, 2.05) is 30.6 Å². The molecule has 5 nitrogen and oxygen atoms in total. The van der Waals surface area contributed by atoms with Crippen LogP contribution >= 0.6 is 35.3 Å². The molecule has 1 aliphatic heterocycles. The van der Waals surface area contributed by atoms with Gasteiger partial charge >= 0.3 is 5.97 Å². The molecule has 2 aromatic rings. The van der Waals surface area contributed by atoms with Crippen LogP contribution < -0.4 is 5.32 Å². The summed E-state index contributed by atoms with van der Waals surface area (Å²) in [4.78, 5) is 25.7. The van der Waals surface area contributed by atoms with Gasteiger partial charge in [0.2, 0.25) is 0 Å². The predicted octanol–water partition coefficient (Wildman–Crippen LogP) is 4.22. The Morgan fingerprint density at radius 3 is 2.74 bits per heavy atom. The van der Waals surface area contributed by atoms with Gasteiger partial charge < -0.3 is 15.0 Å². The van der Waals surface area contributed by atoms with Gasteiger partial charge in [-0.05, 0) is 62.8 Å². The number of hydrogen-bond acceptors (Lipinski definition) is 5. The van der Waals surface area contributed by atoms with E-state index in [9.17, 15) is 14.7 Å². The number of aromatic nitrogens is 1. The van der Waals surface area contributed by atoms with Gasteiger partial charge in [-0.2, -0.15) is 0 Å². The van der Waals surface area contributed by atoms with E-state index in [-0.39, 0.29) is 5.91 Å². The molecule has 0 atom stereocenters. The SMILES string of the molecule is Cc1cc(C=C2SC(=S)NC2=O)c(C)n1-c1sc2c(c1C(=O)O)CCCC2. The molecule has 1 saturated heterocycles. The zero-order valence-corrected chi connectivity index (χ0v) is 17.4. The largest absolute Gasteiger partial charge is 0.478 e. The summed E-state index contributed by atoms with van der Waals surface area (Å²) >= 11 is 7.88. The predicted molar refractivity (Wildman–Crippen MR) is 113 cm³/mol. The Labute approximate surface area is 170 Å². The van der Waals surface area contributed by atoms with Crippen LogP contribution in [0.2, 0.25) is 0 Å². The van der Waals surface area contributed by atoms with Crippen molar-refractivity contribution < 1.29 is 14.7 Å². The molecule has 0 saturated carbocycles. The van der Waals surface area contributed by atoms with Gasteiger partial charge in [-0.1, -0.05) is 24.0 Å². The Morgan fingerprint density at radius 1 is 1.33 bits per heavy atom. The van der Waals surface area contributed by atoms with Gasteiger partial charge in [-0.3, -0.25) is 4.79 Å². The van der Waals surface area contributed by atoms with Crippen LogP contribution in [-0.4, -0.2) is 25.9 Å². The lowest BCUT2D eigenvalue weighted by molar-refractivity contribution is -0.115. The molecule has 8 heteroatoms. The summed E-state index contributed by atoms with van der Waals surface area (Å²) < 4.78 is 2.47. The molecule has 2 aliphatic rings. The molecule has 27 heavy (non-hydrogen) atoms. The van der Waals surface area contributed by atoms with E-state index >= 15 is 0 Å². The molecular weight excluding hydrogens is 400 g/mol. The van der Waals surface area contributed by atoms with Crippen molar-refractivity contribution in [3.63, 3.8) is 0 Å². The minimum Gasteiger partial charge on any atom is -0.478 e. The number of carboxylic acid groups (broad SMARTS) is 1. The molecule has 0 unspecified atom stereocenters. The number of thiocarbonyl (C=S) groups is 1. The lowest BCUT2D eigenvalue weighted by atomic mass is 9.95. The molecule has 1 fully saturated rings. The minimum absolute atomic E-state index is 0.187. The molecule has 2 N–H and O–H groups in total. The normalized spacial score (nSPS) is 18.1. The highest BCUT2D eigenvalue weighted by Gasteiger charge is 2.28. The first kappa shape index (κ1) is 18.5. The monoisotopic (exact) mass is 418 g/mol. The number of aryl methyl sites for hydroxylation is 2. The molecular formula is C19H18N2O3S3. The molecule has 4 rings (SSSR count). The number of thioether (sulfide) groups is 1. The highest BCUT2D eigenvalue weighted by molar-refractivity contribution is 8.26. The Morgan fingerprint density at radius 2 is 2.07 bits per heavy atom. The van der Waals surface area contributed by atoms with Gasteiger partial charge in [0, 0.05) is 16.3 Å². The van der Waals surface area contributed by atoms with E-state index < -0.39 is 5.97 Å². The summed E-state index contributed by atoms with van der Waals surface area (Å²) in [5.74, 6) is -1.06.